The summed E-state index contributed by atoms with van der Waals surface area (Å²) in [5.74, 6) is -0.0359. The van der Waals surface area contributed by atoms with Crippen molar-refractivity contribution in [1.82, 2.24) is 0 Å². The number of hydrogen-bond acceptors (Lipinski definition) is 1. The van der Waals surface area contributed by atoms with Crippen LogP contribution < -0.4 is 5.32 Å². The van der Waals surface area contributed by atoms with Crippen LogP contribution in [0.15, 0.2) is 22.7 Å². The average Bonchev–Trinajstić information content (AvgIpc) is 2.12. The first-order chi connectivity index (χ1) is 6.52. The lowest BCUT2D eigenvalue weighted by atomic mass is 10.2. The second kappa shape index (κ2) is 4.94. The molecule has 0 aliphatic heterocycles. The van der Waals surface area contributed by atoms with E-state index in [2.05, 4.69) is 37.2 Å². The fraction of sp³-hybridized carbons (Fsp3) is 0.300. The highest BCUT2D eigenvalue weighted by atomic mass is 79.9. The number of amides is 1. The van der Waals surface area contributed by atoms with Crippen molar-refractivity contribution in [2.24, 2.45) is 0 Å². The van der Waals surface area contributed by atoms with E-state index in [1.54, 1.807) is 6.92 Å². The van der Waals surface area contributed by atoms with Crippen LogP contribution >= 0.6 is 31.9 Å². The summed E-state index contributed by atoms with van der Waals surface area (Å²) in [5.41, 5.74) is 1.88. The molecule has 0 saturated heterocycles. The van der Waals surface area contributed by atoms with Crippen molar-refractivity contribution < 1.29 is 4.79 Å². The molecule has 0 bridgehead atoms. The monoisotopic (exact) mass is 319 g/mol. The highest BCUT2D eigenvalue weighted by molar-refractivity contribution is 9.10. The van der Waals surface area contributed by atoms with Crippen LogP contribution in [0.5, 0.6) is 0 Å². The van der Waals surface area contributed by atoms with E-state index in [0.717, 1.165) is 15.7 Å². The van der Waals surface area contributed by atoms with Gasteiger partial charge in [-0.05, 0) is 31.5 Å². The van der Waals surface area contributed by atoms with Crippen molar-refractivity contribution in [3.05, 3.63) is 28.2 Å². The van der Waals surface area contributed by atoms with Gasteiger partial charge in [0.2, 0.25) is 5.91 Å². The minimum atomic E-state index is -0.180. The largest absolute Gasteiger partial charge is 0.325 e. The van der Waals surface area contributed by atoms with Gasteiger partial charge in [-0.1, -0.05) is 37.9 Å². The summed E-state index contributed by atoms with van der Waals surface area (Å²) in [5, 5.41) is 2.83. The van der Waals surface area contributed by atoms with Crippen LogP contribution in [0.1, 0.15) is 12.5 Å². The van der Waals surface area contributed by atoms with Crippen molar-refractivity contribution >= 4 is 43.5 Å². The Balaban J connectivity index is 2.87. The van der Waals surface area contributed by atoms with Crippen molar-refractivity contribution in [3.8, 4) is 0 Å². The molecule has 0 fully saturated rings. The number of hydrogen-bond donors (Lipinski definition) is 1. The maximum atomic E-state index is 11.4. The van der Waals surface area contributed by atoms with Gasteiger partial charge in [-0.25, -0.2) is 0 Å². The Morgan fingerprint density at radius 2 is 2.14 bits per heavy atom. The van der Waals surface area contributed by atoms with Gasteiger partial charge < -0.3 is 5.32 Å². The standard InChI is InChI=1S/C10H11Br2NO/c1-6-8(12)4-3-5-9(6)13-10(14)7(2)11/h3-5,7H,1-2H3,(H,13,14). The van der Waals surface area contributed by atoms with Gasteiger partial charge in [-0.3, -0.25) is 4.79 Å². The fourth-order valence-electron chi connectivity index (χ4n) is 0.975. The minimum Gasteiger partial charge on any atom is -0.325 e. The first kappa shape index (κ1) is 11.7. The number of benzene rings is 1. The van der Waals surface area contributed by atoms with Gasteiger partial charge in [-0.15, -0.1) is 0 Å². The van der Waals surface area contributed by atoms with E-state index in [1.165, 1.54) is 0 Å². The molecule has 1 aromatic rings. The molecule has 14 heavy (non-hydrogen) atoms. The number of rotatable bonds is 2. The molecule has 1 aromatic carbocycles. The van der Waals surface area contributed by atoms with E-state index in [9.17, 15) is 4.79 Å². The molecular formula is C10H11Br2NO. The summed E-state index contributed by atoms with van der Waals surface area (Å²) < 4.78 is 0.998. The molecule has 1 atom stereocenters. The topological polar surface area (TPSA) is 29.1 Å². The molecule has 76 valence electrons. The number of carbonyl (C=O) groups excluding carboxylic acids is 1. The molecule has 0 spiro atoms. The molecule has 1 unspecified atom stereocenters. The van der Waals surface area contributed by atoms with Gasteiger partial charge in [-0.2, -0.15) is 0 Å². The Kier molecular flexibility index (Phi) is 4.13. The van der Waals surface area contributed by atoms with E-state index in [0.29, 0.717) is 0 Å². The predicted molar refractivity (Wildman–Crippen MR) is 65.9 cm³/mol. The quantitative estimate of drug-likeness (QED) is 0.830. The van der Waals surface area contributed by atoms with Gasteiger partial charge in [0.05, 0.1) is 4.83 Å². The molecule has 0 heterocycles. The number of alkyl halides is 1. The summed E-state index contributed by atoms with van der Waals surface area (Å²) in [7, 11) is 0. The molecular weight excluding hydrogens is 310 g/mol. The fourth-order valence-corrected chi connectivity index (χ4v) is 1.46. The average molecular weight is 321 g/mol. The Hall–Kier alpha value is -0.350. The Morgan fingerprint density at radius 3 is 2.71 bits per heavy atom. The van der Waals surface area contributed by atoms with Crippen molar-refractivity contribution in [2.45, 2.75) is 18.7 Å². The second-order valence-electron chi connectivity index (χ2n) is 3.02. The first-order valence-corrected chi connectivity index (χ1v) is 5.93. The lowest BCUT2D eigenvalue weighted by molar-refractivity contribution is -0.115. The molecule has 0 aromatic heterocycles. The summed E-state index contributed by atoms with van der Waals surface area (Å²) in [6.45, 7) is 3.75. The number of nitrogens with one attached hydrogen (secondary N) is 1. The van der Waals surface area contributed by atoms with Gasteiger partial charge in [0, 0.05) is 10.2 Å². The van der Waals surface area contributed by atoms with Crippen LogP contribution in [0.2, 0.25) is 0 Å². The van der Waals surface area contributed by atoms with E-state index in [1.807, 2.05) is 25.1 Å². The molecule has 1 rings (SSSR count). The maximum absolute atomic E-state index is 11.4. The van der Waals surface area contributed by atoms with Crippen molar-refractivity contribution in [2.75, 3.05) is 5.32 Å². The number of anilines is 1. The zero-order chi connectivity index (χ0) is 10.7. The summed E-state index contributed by atoms with van der Waals surface area (Å²) in [6, 6.07) is 5.72. The summed E-state index contributed by atoms with van der Waals surface area (Å²) in [4.78, 5) is 11.2. The highest BCUT2D eigenvalue weighted by Gasteiger charge is 2.10. The third kappa shape index (κ3) is 2.82. The molecule has 1 N–H and O–H groups in total. The molecule has 2 nitrogen and oxygen atoms in total. The molecule has 0 aliphatic carbocycles. The van der Waals surface area contributed by atoms with Crippen LogP contribution in [0.4, 0.5) is 5.69 Å². The number of halogens is 2. The summed E-state index contributed by atoms with van der Waals surface area (Å²) >= 11 is 6.63. The first-order valence-electron chi connectivity index (χ1n) is 4.22. The third-order valence-electron chi connectivity index (χ3n) is 1.89. The summed E-state index contributed by atoms with van der Waals surface area (Å²) in [6.07, 6.45) is 0. The van der Waals surface area contributed by atoms with Gasteiger partial charge in [0.15, 0.2) is 0 Å². The smallest absolute Gasteiger partial charge is 0.237 e. The van der Waals surface area contributed by atoms with E-state index in [-0.39, 0.29) is 10.7 Å². The molecule has 4 heteroatoms. The van der Waals surface area contributed by atoms with Crippen LogP contribution in [0.3, 0.4) is 0 Å². The Morgan fingerprint density at radius 1 is 1.50 bits per heavy atom. The molecule has 0 aliphatic rings. The maximum Gasteiger partial charge on any atom is 0.237 e. The lowest BCUT2D eigenvalue weighted by Gasteiger charge is -2.10. The SMILES string of the molecule is Cc1c(Br)cccc1NC(=O)C(C)Br. The van der Waals surface area contributed by atoms with Gasteiger partial charge >= 0.3 is 0 Å². The highest BCUT2D eigenvalue weighted by Crippen LogP contribution is 2.23. The van der Waals surface area contributed by atoms with E-state index < -0.39 is 0 Å². The zero-order valence-electron chi connectivity index (χ0n) is 7.97. The lowest BCUT2D eigenvalue weighted by Crippen LogP contribution is -2.20. The van der Waals surface area contributed by atoms with Crippen molar-refractivity contribution in [3.63, 3.8) is 0 Å². The zero-order valence-corrected chi connectivity index (χ0v) is 11.1. The molecule has 1 amide bonds. The Labute approximate surface area is 100 Å². The van der Waals surface area contributed by atoms with Crippen molar-refractivity contribution in [1.29, 1.82) is 0 Å². The van der Waals surface area contributed by atoms with Crippen LogP contribution in [0, 0.1) is 6.92 Å². The molecule has 0 radical (unpaired) electrons. The minimum absolute atomic E-state index is 0.0359. The van der Waals surface area contributed by atoms with E-state index >= 15 is 0 Å². The van der Waals surface area contributed by atoms with E-state index in [4.69, 9.17) is 0 Å². The van der Waals surface area contributed by atoms with Gasteiger partial charge in [0.25, 0.3) is 0 Å². The van der Waals surface area contributed by atoms with Crippen LogP contribution in [-0.2, 0) is 4.79 Å². The predicted octanol–water partition coefficient (Wildman–Crippen LogP) is 3.48. The second-order valence-corrected chi connectivity index (χ2v) is 5.25. The molecule has 0 saturated carbocycles. The normalized spacial score (nSPS) is 12.3. The van der Waals surface area contributed by atoms with Crippen LogP contribution in [-0.4, -0.2) is 10.7 Å². The third-order valence-corrected chi connectivity index (χ3v) is 3.16. The Bertz CT molecular complexity index is 350. The van der Waals surface area contributed by atoms with Crippen LogP contribution in [0.25, 0.3) is 0 Å². The van der Waals surface area contributed by atoms with Gasteiger partial charge in [0.1, 0.15) is 0 Å². The number of carbonyl (C=O) groups is 1.